The summed E-state index contributed by atoms with van der Waals surface area (Å²) in [6.45, 7) is 3.73. The summed E-state index contributed by atoms with van der Waals surface area (Å²) in [6, 6.07) is 6.17. The van der Waals surface area contributed by atoms with Crippen LogP contribution < -0.4 is 9.91 Å². The number of imide groups is 1. The summed E-state index contributed by atoms with van der Waals surface area (Å²) in [5.41, 5.74) is 2.15. The van der Waals surface area contributed by atoms with Gasteiger partial charge in [-0.25, -0.2) is 18.7 Å². The number of carbonyl (C=O) groups is 2. The quantitative estimate of drug-likeness (QED) is 0.777. The highest BCUT2D eigenvalue weighted by Gasteiger charge is 2.55. The van der Waals surface area contributed by atoms with Crippen molar-refractivity contribution in [1.29, 1.82) is 0 Å². The Hall–Kier alpha value is -3.16. The van der Waals surface area contributed by atoms with E-state index in [2.05, 4.69) is 10.3 Å². The second-order valence-electron chi connectivity index (χ2n) is 6.39. The second kappa shape index (κ2) is 5.69. The van der Waals surface area contributed by atoms with Gasteiger partial charge in [0.1, 0.15) is 5.82 Å². The molecule has 0 bridgehead atoms. The minimum absolute atomic E-state index is 0.105. The Morgan fingerprint density at radius 3 is 2.31 bits per heavy atom. The fourth-order valence-corrected chi connectivity index (χ4v) is 3.36. The molecule has 2 aromatic rings. The maximum Gasteiger partial charge on any atom is 0.263 e. The molecule has 2 heterocycles. The first kappa shape index (κ1) is 16.3. The van der Waals surface area contributed by atoms with E-state index in [1.54, 1.807) is 12.1 Å². The predicted molar refractivity (Wildman–Crippen MR) is 89.7 cm³/mol. The van der Waals surface area contributed by atoms with E-state index in [1.807, 2.05) is 19.9 Å². The molecule has 0 saturated carbocycles. The number of amides is 2. The summed E-state index contributed by atoms with van der Waals surface area (Å²) < 4.78 is 27.3. The van der Waals surface area contributed by atoms with Gasteiger partial charge in [0.15, 0.2) is 17.9 Å². The van der Waals surface area contributed by atoms with Crippen molar-refractivity contribution in [2.45, 2.75) is 25.9 Å². The molecule has 26 heavy (non-hydrogen) atoms. The second-order valence-corrected chi connectivity index (χ2v) is 6.39. The normalized spacial score (nSPS) is 21.7. The van der Waals surface area contributed by atoms with Crippen LogP contribution in [0.3, 0.4) is 0 Å². The summed E-state index contributed by atoms with van der Waals surface area (Å²) in [5.74, 6) is -2.68. The van der Waals surface area contributed by atoms with E-state index >= 15 is 0 Å². The van der Waals surface area contributed by atoms with Crippen LogP contribution in [-0.2, 0) is 9.59 Å². The molecule has 1 fully saturated rings. The third-order valence-corrected chi connectivity index (χ3v) is 4.40. The van der Waals surface area contributed by atoms with E-state index < -0.39 is 35.5 Å². The molecule has 0 unspecified atom stereocenters. The van der Waals surface area contributed by atoms with Crippen molar-refractivity contribution in [3.8, 4) is 0 Å². The van der Waals surface area contributed by atoms with Gasteiger partial charge in [-0.15, -0.1) is 0 Å². The molecule has 2 aliphatic rings. The number of benzene rings is 2. The van der Waals surface area contributed by atoms with Crippen LogP contribution in [0, 0.1) is 25.5 Å². The fourth-order valence-electron chi connectivity index (χ4n) is 3.36. The van der Waals surface area contributed by atoms with Crippen molar-refractivity contribution >= 4 is 23.2 Å². The monoisotopic (exact) mass is 356 g/mol. The maximum atomic E-state index is 14.1. The van der Waals surface area contributed by atoms with E-state index in [1.165, 1.54) is 6.07 Å². The molecule has 1 saturated heterocycles. The van der Waals surface area contributed by atoms with Crippen LogP contribution in [0.4, 0.5) is 20.2 Å². The fraction of sp³-hybridized carbons (Fsp3) is 0.222. The third kappa shape index (κ3) is 2.37. The van der Waals surface area contributed by atoms with Crippen LogP contribution in [-0.4, -0.2) is 23.9 Å². The van der Waals surface area contributed by atoms with Crippen molar-refractivity contribution in [2.75, 3.05) is 9.91 Å². The summed E-state index contributed by atoms with van der Waals surface area (Å²) in [6.07, 6.45) is 0. The number of aryl methyl sites for hydroxylation is 2. The van der Waals surface area contributed by atoms with Crippen LogP contribution in [0.15, 0.2) is 46.7 Å². The lowest BCUT2D eigenvalue weighted by atomic mass is 10.1. The standard InChI is InChI=1S/C18H14F2N4O2/c1-9-5-10(2)7-12(6-9)23-17(25)15-16(18(23)26)24(22-21-15)14-4-3-11(19)8-13(14)20/h3-8,15-16H,1-2H3/t15-,16+/m0/s1. The summed E-state index contributed by atoms with van der Waals surface area (Å²) in [4.78, 5) is 26.7. The van der Waals surface area contributed by atoms with Crippen LogP contribution in [0.25, 0.3) is 0 Å². The minimum Gasteiger partial charge on any atom is -0.271 e. The molecule has 0 N–H and O–H groups in total. The van der Waals surface area contributed by atoms with Gasteiger partial charge in [-0.05, 0) is 49.2 Å². The number of rotatable bonds is 2. The molecule has 0 aliphatic carbocycles. The molecule has 2 aromatic carbocycles. The SMILES string of the molecule is Cc1cc(C)cc(N2C(=O)[C@H]3N=NN(c4ccc(F)cc4F)[C@H]3C2=O)c1. The number of hydrogen-bond acceptors (Lipinski definition) is 5. The van der Waals surface area contributed by atoms with Gasteiger partial charge in [0.2, 0.25) is 0 Å². The highest BCUT2D eigenvalue weighted by molar-refractivity contribution is 6.26. The minimum atomic E-state index is -1.08. The molecule has 6 nitrogen and oxygen atoms in total. The van der Waals surface area contributed by atoms with Crippen molar-refractivity contribution in [3.05, 3.63) is 59.2 Å². The Kier molecular flexibility index (Phi) is 3.57. The van der Waals surface area contributed by atoms with Crippen molar-refractivity contribution in [2.24, 2.45) is 10.3 Å². The van der Waals surface area contributed by atoms with E-state index in [4.69, 9.17) is 0 Å². The molecule has 2 amide bonds. The van der Waals surface area contributed by atoms with Gasteiger partial charge >= 0.3 is 0 Å². The van der Waals surface area contributed by atoms with Crippen LogP contribution in [0.1, 0.15) is 11.1 Å². The summed E-state index contributed by atoms with van der Waals surface area (Å²) in [5, 5.41) is 8.67. The zero-order valence-corrected chi connectivity index (χ0v) is 14.0. The van der Waals surface area contributed by atoms with E-state index in [0.29, 0.717) is 11.8 Å². The first-order chi connectivity index (χ1) is 12.4. The Morgan fingerprint density at radius 2 is 1.65 bits per heavy atom. The molecule has 0 radical (unpaired) electrons. The van der Waals surface area contributed by atoms with Crippen LogP contribution in [0.2, 0.25) is 0 Å². The molecule has 0 spiro atoms. The van der Waals surface area contributed by atoms with Gasteiger partial charge in [0.05, 0.1) is 11.4 Å². The van der Waals surface area contributed by atoms with Gasteiger partial charge in [0, 0.05) is 6.07 Å². The van der Waals surface area contributed by atoms with Crippen molar-refractivity contribution in [3.63, 3.8) is 0 Å². The molecule has 2 aliphatic heterocycles. The Balaban J connectivity index is 1.74. The maximum absolute atomic E-state index is 14.1. The average Bonchev–Trinajstić information content (AvgIpc) is 3.07. The number of halogens is 2. The molecule has 8 heteroatoms. The smallest absolute Gasteiger partial charge is 0.263 e. The Bertz CT molecular complexity index is 955. The number of anilines is 2. The van der Waals surface area contributed by atoms with Crippen LogP contribution in [0.5, 0.6) is 0 Å². The highest BCUT2D eigenvalue weighted by Crippen LogP contribution is 2.36. The lowest BCUT2D eigenvalue weighted by Crippen LogP contribution is -2.40. The van der Waals surface area contributed by atoms with Crippen molar-refractivity contribution in [1.82, 2.24) is 0 Å². The molecule has 0 aromatic heterocycles. The zero-order valence-electron chi connectivity index (χ0n) is 14.0. The number of carbonyl (C=O) groups excluding carboxylic acids is 2. The Morgan fingerprint density at radius 1 is 0.962 bits per heavy atom. The van der Waals surface area contributed by atoms with Gasteiger partial charge in [0.25, 0.3) is 11.8 Å². The number of hydrogen-bond donors (Lipinski definition) is 0. The zero-order chi connectivity index (χ0) is 18.6. The summed E-state index contributed by atoms with van der Waals surface area (Å²) in [7, 11) is 0. The molecule has 132 valence electrons. The first-order valence-corrected chi connectivity index (χ1v) is 7.98. The number of fused-ring (bicyclic) bond motifs is 1. The van der Waals surface area contributed by atoms with Gasteiger partial charge in [-0.2, -0.15) is 5.11 Å². The molecule has 2 atom stereocenters. The molecular weight excluding hydrogens is 342 g/mol. The van der Waals surface area contributed by atoms with Gasteiger partial charge in [-0.3, -0.25) is 9.59 Å². The highest BCUT2D eigenvalue weighted by atomic mass is 19.1. The van der Waals surface area contributed by atoms with Crippen LogP contribution >= 0.6 is 0 Å². The first-order valence-electron chi connectivity index (χ1n) is 7.98. The summed E-state index contributed by atoms with van der Waals surface area (Å²) >= 11 is 0. The topological polar surface area (TPSA) is 65.3 Å². The van der Waals surface area contributed by atoms with Crippen molar-refractivity contribution < 1.29 is 18.4 Å². The van der Waals surface area contributed by atoms with Gasteiger partial charge in [-0.1, -0.05) is 11.3 Å². The van der Waals surface area contributed by atoms with E-state index in [9.17, 15) is 18.4 Å². The van der Waals surface area contributed by atoms with E-state index in [-0.39, 0.29) is 5.69 Å². The lowest BCUT2D eigenvalue weighted by Gasteiger charge is -2.21. The average molecular weight is 356 g/mol. The van der Waals surface area contributed by atoms with E-state index in [0.717, 1.165) is 27.1 Å². The molecular formula is C18H14F2N4O2. The lowest BCUT2D eigenvalue weighted by molar-refractivity contribution is -0.121. The predicted octanol–water partition coefficient (Wildman–Crippen LogP) is 3.08. The third-order valence-electron chi connectivity index (χ3n) is 4.40. The van der Waals surface area contributed by atoms with Gasteiger partial charge < -0.3 is 0 Å². The Labute approximate surface area is 147 Å². The largest absolute Gasteiger partial charge is 0.271 e. The number of nitrogens with zero attached hydrogens (tertiary/aromatic N) is 4. The molecule has 4 rings (SSSR count).